The number of hydrogen-bond donors (Lipinski definition) is 2. The highest BCUT2D eigenvalue weighted by molar-refractivity contribution is 5.68. The Balaban J connectivity index is 1.65. The van der Waals surface area contributed by atoms with Crippen LogP contribution in [0.1, 0.15) is 57.2 Å². The summed E-state index contributed by atoms with van der Waals surface area (Å²) in [4.78, 5) is 2.63. The average molecular weight is 350 g/mol. The molecule has 4 rings (SSSR count). The number of nitrogens with one attached hydrogen (secondary N) is 2. The monoisotopic (exact) mass is 349 g/mol. The van der Waals surface area contributed by atoms with Crippen LogP contribution < -0.4 is 15.8 Å². The molecule has 0 aliphatic carbocycles. The smallest absolute Gasteiger partial charge is 0.0487 e. The first-order valence-corrected chi connectivity index (χ1v) is 9.84. The molecule has 0 aromatic heterocycles. The summed E-state index contributed by atoms with van der Waals surface area (Å²) >= 11 is 0. The quantitative estimate of drug-likeness (QED) is 0.763. The molecule has 0 saturated carbocycles. The molecule has 0 fully saturated rings. The van der Waals surface area contributed by atoms with Gasteiger partial charge in [0.25, 0.3) is 0 Å². The Labute approximate surface area is 157 Å². The van der Waals surface area contributed by atoms with Crippen molar-refractivity contribution >= 4 is 11.4 Å². The summed E-state index contributed by atoms with van der Waals surface area (Å²) in [5.41, 5.74) is 14.3. The van der Waals surface area contributed by atoms with E-state index in [9.17, 15) is 0 Å². The van der Waals surface area contributed by atoms with Gasteiger partial charge in [0.1, 0.15) is 0 Å². The van der Waals surface area contributed by atoms with Gasteiger partial charge in [0.15, 0.2) is 0 Å². The molecule has 2 aliphatic rings. The molecular formula is C23H31N3. The van der Waals surface area contributed by atoms with Crippen LogP contribution in [-0.2, 0) is 17.4 Å². The Kier molecular flexibility index (Phi) is 4.23. The van der Waals surface area contributed by atoms with E-state index in [0.717, 1.165) is 12.2 Å². The zero-order chi connectivity index (χ0) is 18.4. The molecule has 138 valence electrons. The van der Waals surface area contributed by atoms with E-state index >= 15 is 0 Å². The largest absolute Gasteiger partial charge is 0.371 e. The van der Waals surface area contributed by atoms with Crippen LogP contribution in [-0.4, -0.2) is 13.1 Å². The van der Waals surface area contributed by atoms with Gasteiger partial charge in [0.2, 0.25) is 0 Å². The summed E-state index contributed by atoms with van der Waals surface area (Å²) in [5, 5.41) is 0. The minimum Gasteiger partial charge on any atom is -0.371 e. The molecule has 0 unspecified atom stereocenters. The number of anilines is 2. The first-order valence-electron chi connectivity index (χ1n) is 9.84. The molecule has 0 saturated heterocycles. The van der Waals surface area contributed by atoms with E-state index in [1.54, 1.807) is 0 Å². The number of hydrogen-bond acceptors (Lipinski definition) is 3. The zero-order valence-electron chi connectivity index (χ0n) is 16.5. The van der Waals surface area contributed by atoms with Gasteiger partial charge in [-0.05, 0) is 52.5 Å². The Hall–Kier alpha value is -2.00. The lowest BCUT2D eigenvalue weighted by Crippen LogP contribution is -2.44. The molecule has 0 amide bonds. The second-order valence-electron chi connectivity index (χ2n) is 9.14. The standard InChI is InChI=1S/C23H31N3/c1-22(2)10-12-26-13-11-23(3,4)20-15-17(14-19(22)21(20)26)16-24-25-18-8-6-5-7-9-18/h5-9,14-15,24-25H,10-13,16H2,1-4H3. The van der Waals surface area contributed by atoms with Crippen molar-refractivity contribution in [1.82, 2.24) is 5.43 Å². The summed E-state index contributed by atoms with van der Waals surface area (Å²) in [6.45, 7) is 12.8. The van der Waals surface area contributed by atoms with Gasteiger partial charge >= 0.3 is 0 Å². The van der Waals surface area contributed by atoms with Gasteiger partial charge in [-0.15, -0.1) is 0 Å². The van der Waals surface area contributed by atoms with Gasteiger partial charge in [-0.2, -0.15) is 0 Å². The van der Waals surface area contributed by atoms with Crippen molar-refractivity contribution < 1.29 is 0 Å². The van der Waals surface area contributed by atoms with E-state index in [0.29, 0.717) is 0 Å². The van der Waals surface area contributed by atoms with Crippen LogP contribution in [0.3, 0.4) is 0 Å². The summed E-state index contributed by atoms with van der Waals surface area (Å²) in [6, 6.07) is 15.2. The van der Waals surface area contributed by atoms with Gasteiger partial charge in [0.05, 0.1) is 0 Å². The molecule has 0 radical (unpaired) electrons. The van der Waals surface area contributed by atoms with E-state index < -0.39 is 0 Å². The van der Waals surface area contributed by atoms with Gasteiger partial charge < -0.3 is 10.3 Å². The van der Waals surface area contributed by atoms with Crippen LogP contribution in [0.4, 0.5) is 11.4 Å². The van der Waals surface area contributed by atoms with Gasteiger partial charge in [-0.1, -0.05) is 58.0 Å². The molecule has 26 heavy (non-hydrogen) atoms. The predicted octanol–water partition coefficient (Wildman–Crippen LogP) is 4.97. The molecule has 0 spiro atoms. The average Bonchev–Trinajstić information content (AvgIpc) is 2.61. The highest BCUT2D eigenvalue weighted by Crippen LogP contribution is 2.49. The molecule has 0 atom stereocenters. The molecule has 3 heteroatoms. The molecule has 3 nitrogen and oxygen atoms in total. The summed E-state index contributed by atoms with van der Waals surface area (Å²) in [6.07, 6.45) is 2.47. The van der Waals surface area contributed by atoms with E-state index in [4.69, 9.17) is 0 Å². The van der Waals surface area contributed by atoms with Crippen LogP contribution >= 0.6 is 0 Å². The number of nitrogens with zero attached hydrogens (tertiary/aromatic N) is 1. The summed E-state index contributed by atoms with van der Waals surface area (Å²) < 4.78 is 0. The maximum absolute atomic E-state index is 3.40. The first-order chi connectivity index (χ1) is 12.4. The third-order valence-electron chi connectivity index (χ3n) is 6.26. The van der Waals surface area contributed by atoms with E-state index in [-0.39, 0.29) is 10.8 Å². The molecule has 2 N–H and O–H groups in total. The fourth-order valence-corrected chi connectivity index (χ4v) is 4.37. The number of hydrazine groups is 1. The normalized spacial score (nSPS) is 19.8. The van der Waals surface area contributed by atoms with Crippen molar-refractivity contribution in [2.45, 2.75) is 57.9 Å². The van der Waals surface area contributed by atoms with Gasteiger partial charge in [-0.25, -0.2) is 5.43 Å². The Morgan fingerprint density at radius 3 is 2.04 bits per heavy atom. The van der Waals surface area contributed by atoms with Crippen LogP contribution in [0.2, 0.25) is 0 Å². The highest BCUT2D eigenvalue weighted by Gasteiger charge is 2.39. The molecule has 2 aromatic carbocycles. The van der Waals surface area contributed by atoms with Crippen molar-refractivity contribution in [1.29, 1.82) is 0 Å². The Bertz CT molecular complexity index is 751. The molecule has 2 aliphatic heterocycles. The fourth-order valence-electron chi connectivity index (χ4n) is 4.37. The lowest BCUT2D eigenvalue weighted by atomic mass is 9.69. The van der Waals surface area contributed by atoms with Crippen LogP contribution in [0, 0.1) is 0 Å². The van der Waals surface area contributed by atoms with E-state index in [1.165, 1.54) is 48.3 Å². The molecular weight excluding hydrogens is 318 g/mol. The topological polar surface area (TPSA) is 27.3 Å². The summed E-state index contributed by atoms with van der Waals surface area (Å²) in [5.74, 6) is 0. The maximum atomic E-state index is 3.40. The third-order valence-corrected chi connectivity index (χ3v) is 6.26. The van der Waals surface area contributed by atoms with Crippen LogP contribution in [0.15, 0.2) is 42.5 Å². The van der Waals surface area contributed by atoms with Crippen molar-refractivity contribution in [3.05, 3.63) is 59.2 Å². The molecule has 2 heterocycles. The number of benzene rings is 2. The second-order valence-corrected chi connectivity index (χ2v) is 9.14. The maximum Gasteiger partial charge on any atom is 0.0487 e. The lowest BCUT2D eigenvalue weighted by molar-refractivity contribution is 0.400. The Morgan fingerprint density at radius 2 is 1.46 bits per heavy atom. The van der Waals surface area contributed by atoms with Crippen molar-refractivity contribution in [3.63, 3.8) is 0 Å². The van der Waals surface area contributed by atoms with E-state index in [2.05, 4.69) is 67.7 Å². The number of rotatable bonds is 4. The van der Waals surface area contributed by atoms with Crippen molar-refractivity contribution in [3.8, 4) is 0 Å². The summed E-state index contributed by atoms with van der Waals surface area (Å²) in [7, 11) is 0. The molecule has 2 aromatic rings. The molecule has 0 bridgehead atoms. The van der Waals surface area contributed by atoms with Gasteiger partial charge in [0, 0.05) is 31.0 Å². The van der Waals surface area contributed by atoms with Crippen molar-refractivity contribution in [2.75, 3.05) is 23.4 Å². The fraction of sp³-hybridized carbons (Fsp3) is 0.478. The number of para-hydroxylation sites is 1. The van der Waals surface area contributed by atoms with Gasteiger partial charge in [-0.3, -0.25) is 0 Å². The predicted molar refractivity (Wildman–Crippen MR) is 111 cm³/mol. The highest BCUT2D eigenvalue weighted by atomic mass is 15.3. The minimum absolute atomic E-state index is 0.247. The van der Waals surface area contributed by atoms with Crippen LogP contribution in [0.25, 0.3) is 0 Å². The lowest BCUT2D eigenvalue weighted by Gasteiger charge is -2.48. The zero-order valence-corrected chi connectivity index (χ0v) is 16.5. The third kappa shape index (κ3) is 3.09. The van der Waals surface area contributed by atoms with Crippen molar-refractivity contribution in [2.24, 2.45) is 0 Å². The second kappa shape index (κ2) is 6.31. The first kappa shape index (κ1) is 17.4. The Morgan fingerprint density at radius 1 is 0.885 bits per heavy atom. The van der Waals surface area contributed by atoms with E-state index in [1.807, 2.05) is 18.2 Å². The minimum atomic E-state index is 0.247. The van der Waals surface area contributed by atoms with Crippen LogP contribution in [0.5, 0.6) is 0 Å². The SMILES string of the molecule is CC1(C)CCN2CCC(C)(C)c3cc(CNNc4ccccc4)cc1c32.